The highest BCUT2D eigenvalue weighted by molar-refractivity contribution is 5.82. The molecule has 0 aromatic heterocycles. The Kier molecular flexibility index (Phi) is 3.45. The van der Waals surface area contributed by atoms with E-state index in [9.17, 15) is 15.0 Å². The first-order chi connectivity index (χ1) is 6.02. The van der Waals surface area contributed by atoms with Gasteiger partial charge in [0, 0.05) is 11.8 Å². The standard InChI is InChI=1S/C10H18O3/c1-6(2)10(13)7-3-4-8(11)9(12)5-7/h6-9,11-12H,3-5H2,1-2H3. The first-order valence-electron chi connectivity index (χ1n) is 4.92. The van der Waals surface area contributed by atoms with E-state index in [4.69, 9.17) is 0 Å². The number of hydrogen-bond donors (Lipinski definition) is 2. The second-order valence-electron chi connectivity index (χ2n) is 4.20. The summed E-state index contributed by atoms with van der Waals surface area (Å²) in [5.41, 5.74) is 0. The third-order valence-corrected chi connectivity index (χ3v) is 2.75. The molecule has 0 radical (unpaired) electrons. The minimum Gasteiger partial charge on any atom is -0.390 e. The summed E-state index contributed by atoms with van der Waals surface area (Å²) in [6, 6.07) is 0. The molecule has 1 aliphatic carbocycles. The van der Waals surface area contributed by atoms with Crippen LogP contribution in [0.1, 0.15) is 33.1 Å². The molecule has 3 nitrogen and oxygen atoms in total. The summed E-state index contributed by atoms with van der Waals surface area (Å²) in [5.74, 6) is 0.205. The molecule has 1 aliphatic rings. The van der Waals surface area contributed by atoms with E-state index in [1.165, 1.54) is 0 Å². The molecule has 1 fully saturated rings. The molecule has 13 heavy (non-hydrogen) atoms. The highest BCUT2D eigenvalue weighted by atomic mass is 16.3. The van der Waals surface area contributed by atoms with Crippen LogP contribution >= 0.6 is 0 Å². The van der Waals surface area contributed by atoms with Crippen molar-refractivity contribution in [3.05, 3.63) is 0 Å². The van der Waals surface area contributed by atoms with Crippen molar-refractivity contribution in [3.8, 4) is 0 Å². The Hall–Kier alpha value is -0.410. The molecule has 0 aromatic carbocycles. The Morgan fingerprint density at radius 3 is 2.31 bits per heavy atom. The van der Waals surface area contributed by atoms with Crippen LogP contribution in [0.2, 0.25) is 0 Å². The molecule has 2 N–H and O–H groups in total. The van der Waals surface area contributed by atoms with Gasteiger partial charge < -0.3 is 10.2 Å². The van der Waals surface area contributed by atoms with Crippen LogP contribution in [0, 0.1) is 11.8 Å². The average Bonchev–Trinajstić information content (AvgIpc) is 2.08. The third kappa shape index (κ3) is 2.51. The zero-order chi connectivity index (χ0) is 10.0. The lowest BCUT2D eigenvalue weighted by atomic mass is 9.80. The van der Waals surface area contributed by atoms with Crippen molar-refractivity contribution in [3.63, 3.8) is 0 Å². The van der Waals surface area contributed by atoms with Crippen LogP contribution in [0.15, 0.2) is 0 Å². The highest BCUT2D eigenvalue weighted by Gasteiger charge is 2.32. The summed E-state index contributed by atoms with van der Waals surface area (Å²) in [6.45, 7) is 3.75. The van der Waals surface area contributed by atoms with E-state index < -0.39 is 12.2 Å². The number of carbonyl (C=O) groups is 1. The van der Waals surface area contributed by atoms with Crippen molar-refractivity contribution in [2.75, 3.05) is 0 Å². The maximum absolute atomic E-state index is 11.6. The van der Waals surface area contributed by atoms with E-state index in [-0.39, 0.29) is 17.6 Å². The predicted molar refractivity (Wildman–Crippen MR) is 49.2 cm³/mol. The fourth-order valence-corrected chi connectivity index (χ4v) is 1.86. The van der Waals surface area contributed by atoms with Crippen LogP contribution in [0.4, 0.5) is 0 Å². The molecular weight excluding hydrogens is 168 g/mol. The summed E-state index contributed by atoms with van der Waals surface area (Å²) < 4.78 is 0. The lowest BCUT2D eigenvalue weighted by Gasteiger charge is -2.29. The van der Waals surface area contributed by atoms with Gasteiger partial charge in [0.1, 0.15) is 5.78 Å². The minimum absolute atomic E-state index is 0.0347. The summed E-state index contributed by atoms with van der Waals surface area (Å²) in [6.07, 6.45) is 0.357. The third-order valence-electron chi connectivity index (χ3n) is 2.75. The highest BCUT2D eigenvalue weighted by Crippen LogP contribution is 2.27. The largest absolute Gasteiger partial charge is 0.390 e. The summed E-state index contributed by atoms with van der Waals surface area (Å²) >= 11 is 0. The Bertz CT molecular complexity index is 189. The van der Waals surface area contributed by atoms with Gasteiger partial charge in [0.2, 0.25) is 0 Å². The van der Waals surface area contributed by atoms with Crippen molar-refractivity contribution in [1.29, 1.82) is 0 Å². The monoisotopic (exact) mass is 186 g/mol. The maximum atomic E-state index is 11.6. The Labute approximate surface area is 78.8 Å². The molecule has 0 heterocycles. The van der Waals surface area contributed by atoms with Gasteiger partial charge in [-0.15, -0.1) is 0 Å². The molecule has 0 spiro atoms. The first-order valence-corrected chi connectivity index (χ1v) is 4.92. The lowest BCUT2D eigenvalue weighted by Crippen LogP contribution is -2.37. The molecule has 3 atom stereocenters. The smallest absolute Gasteiger partial charge is 0.138 e. The number of aliphatic hydroxyl groups excluding tert-OH is 2. The van der Waals surface area contributed by atoms with Crippen molar-refractivity contribution in [1.82, 2.24) is 0 Å². The summed E-state index contributed by atoms with van der Waals surface area (Å²) in [4.78, 5) is 11.6. The quantitative estimate of drug-likeness (QED) is 0.668. The first kappa shape index (κ1) is 10.7. The van der Waals surface area contributed by atoms with Gasteiger partial charge in [-0.25, -0.2) is 0 Å². The molecule has 0 bridgehead atoms. The van der Waals surface area contributed by atoms with E-state index >= 15 is 0 Å². The van der Waals surface area contributed by atoms with Crippen molar-refractivity contribution in [2.45, 2.75) is 45.3 Å². The summed E-state index contributed by atoms with van der Waals surface area (Å²) in [7, 11) is 0. The fraction of sp³-hybridized carbons (Fsp3) is 0.900. The number of rotatable bonds is 2. The van der Waals surface area contributed by atoms with Crippen LogP contribution in [0.25, 0.3) is 0 Å². The SMILES string of the molecule is CC(C)C(=O)C1CCC(O)C(O)C1. The Morgan fingerprint density at radius 2 is 1.85 bits per heavy atom. The van der Waals surface area contributed by atoms with Crippen LogP contribution in [0.3, 0.4) is 0 Å². The number of Topliss-reactive ketones (excluding diaryl/α,β-unsaturated/α-hetero) is 1. The van der Waals surface area contributed by atoms with Gasteiger partial charge in [-0.3, -0.25) is 4.79 Å². The molecule has 0 aliphatic heterocycles. The second-order valence-corrected chi connectivity index (χ2v) is 4.20. The van der Waals surface area contributed by atoms with Crippen LogP contribution in [0.5, 0.6) is 0 Å². The zero-order valence-electron chi connectivity index (χ0n) is 8.23. The van der Waals surface area contributed by atoms with E-state index in [0.717, 1.165) is 6.42 Å². The Morgan fingerprint density at radius 1 is 1.23 bits per heavy atom. The molecule has 0 amide bonds. The Balaban J connectivity index is 2.50. The van der Waals surface area contributed by atoms with Crippen molar-refractivity contribution < 1.29 is 15.0 Å². The van der Waals surface area contributed by atoms with Crippen LogP contribution < -0.4 is 0 Å². The van der Waals surface area contributed by atoms with E-state index in [0.29, 0.717) is 12.8 Å². The van der Waals surface area contributed by atoms with Gasteiger partial charge in [0.05, 0.1) is 12.2 Å². The normalized spacial score (nSPS) is 35.0. The second kappa shape index (κ2) is 4.20. The predicted octanol–water partition coefficient (Wildman–Crippen LogP) is 0.733. The van der Waals surface area contributed by atoms with Crippen LogP contribution in [-0.4, -0.2) is 28.2 Å². The fourth-order valence-electron chi connectivity index (χ4n) is 1.86. The van der Waals surface area contributed by atoms with E-state index in [1.54, 1.807) is 0 Å². The van der Waals surface area contributed by atoms with Crippen molar-refractivity contribution >= 4 is 5.78 Å². The molecule has 76 valence electrons. The van der Waals surface area contributed by atoms with E-state index in [1.807, 2.05) is 13.8 Å². The van der Waals surface area contributed by atoms with Gasteiger partial charge in [0.15, 0.2) is 0 Å². The molecule has 0 saturated heterocycles. The zero-order valence-corrected chi connectivity index (χ0v) is 8.23. The molecular formula is C10H18O3. The topological polar surface area (TPSA) is 57.5 Å². The molecule has 3 unspecified atom stereocenters. The van der Waals surface area contributed by atoms with Gasteiger partial charge >= 0.3 is 0 Å². The van der Waals surface area contributed by atoms with Gasteiger partial charge in [-0.05, 0) is 19.3 Å². The number of carbonyl (C=O) groups excluding carboxylic acids is 1. The molecule has 0 aromatic rings. The number of hydrogen-bond acceptors (Lipinski definition) is 3. The molecule has 1 rings (SSSR count). The maximum Gasteiger partial charge on any atom is 0.138 e. The minimum atomic E-state index is -0.707. The van der Waals surface area contributed by atoms with Gasteiger partial charge in [-0.2, -0.15) is 0 Å². The van der Waals surface area contributed by atoms with Gasteiger partial charge in [0.25, 0.3) is 0 Å². The number of aliphatic hydroxyl groups is 2. The van der Waals surface area contributed by atoms with E-state index in [2.05, 4.69) is 0 Å². The van der Waals surface area contributed by atoms with Crippen LogP contribution in [-0.2, 0) is 4.79 Å². The summed E-state index contributed by atoms with van der Waals surface area (Å²) in [5, 5.41) is 18.6. The lowest BCUT2D eigenvalue weighted by molar-refractivity contribution is -0.130. The average molecular weight is 186 g/mol. The molecule has 3 heteroatoms. The number of ketones is 1. The molecule has 1 saturated carbocycles. The van der Waals surface area contributed by atoms with Gasteiger partial charge in [-0.1, -0.05) is 13.8 Å². The van der Waals surface area contributed by atoms with Crippen molar-refractivity contribution in [2.24, 2.45) is 11.8 Å².